The van der Waals surface area contributed by atoms with Gasteiger partial charge in [-0.05, 0) is 94.3 Å². The van der Waals surface area contributed by atoms with Crippen molar-refractivity contribution >= 4 is 52.4 Å². The Labute approximate surface area is 385 Å². The van der Waals surface area contributed by atoms with E-state index in [0.717, 1.165) is 5.56 Å². The first-order valence-corrected chi connectivity index (χ1v) is 22.4. The zero-order valence-corrected chi connectivity index (χ0v) is 38.8. The molecule has 5 rings (SSSR count). The third kappa shape index (κ3) is 13.4. The summed E-state index contributed by atoms with van der Waals surface area (Å²) in [4.78, 5) is 101. The number of likely N-dealkylation sites (N-methyl/N-ethyl adjacent to an activating group) is 1. The number of phenols is 1. The van der Waals surface area contributed by atoms with Gasteiger partial charge in [-0.25, -0.2) is 4.79 Å². The van der Waals surface area contributed by atoms with Gasteiger partial charge in [0, 0.05) is 37.9 Å². The topological polar surface area (TPSA) is 243 Å². The lowest BCUT2D eigenvalue weighted by Crippen LogP contribution is -2.62. The number of fused-ring (bicyclic) bond motifs is 1. The highest BCUT2D eigenvalue weighted by Gasteiger charge is 2.37. The highest BCUT2D eigenvalue weighted by molar-refractivity contribution is 5.99. The van der Waals surface area contributed by atoms with Crippen molar-refractivity contribution < 1.29 is 43.4 Å². The number of carbonyl (C=O) groups excluding carboxylic acids is 7. The van der Waals surface area contributed by atoms with E-state index in [2.05, 4.69) is 26.6 Å². The van der Waals surface area contributed by atoms with Gasteiger partial charge < -0.3 is 47.1 Å². The summed E-state index contributed by atoms with van der Waals surface area (Å²) in [6.07, 6.45) is 1.72. The van der Waals surface area contributed by atoms with Crippen LogP contribution in [-0.2, 0) is 52.8 Å². The molecular weight excluding hydrogens is 845 g/mol. The SMILES string of the molecule is CC(C)[C@@H]1NC(=O)[C@H](CCCCN)NC(=O)[C@@H](Cc2cn(C(=O)OC(C)(C)C)c3ccccc23)NC(=O)[C@H](Cc2ccc(O)cc2)NC(=O)[C@H](C)N(C)C(=O)[C@H](Cc2ccccc2)NC1=O. The van der Waals surface area contributed by atoms with Crippen LogP contribution >= 0.6 is 0 Å². The number of carbonyl (C=O) groups is 7. The van der Waals surface area contributed by atoms with Crippen molar-refractivity contribution in [3.05, 3.63) is 102 Å². The molecule has 1 aliphatic heterocycles. The number of unbranched alkanes of at least 4 members (excludes halogenated alkanes) is 1. The van der Waals surface area contributed by atoms with Gasteiger partial charge in [0.25, 0.3) is 0 Å². The third-order valence-corrected chi connectivity index (χ3v) is 11.5. The lowest BCUT2D eigenvalue weighted by molar-refractivity contribution is -0.143. The average Bonchev–Trinajstić information content (AvgIpc) is 3.64. The first kappa shape index (κ1) is 50.3. The molecule has 6 atom stereocenters. The van der Waals surface area contributed by atoms with Crippen LogP contribution in [-0.4, -0.2) is 112 Å². The molecule has 0 radical (unpaired) electrons. The molecule has 6 amide bonds. The van der Waals surface area contributed by atoms with Crippen LogP contribution in [0, 0.1) is 5.92 Å². The molecule has 17 nitrogen and oxygen atoms in total. The summed E-state index contributed by atoms with van der Waals surface area (Å²) in [5, 5.41) is 24.7. The molecule has 2 heterocycles. The standard InChI is InChI=1S/C49H64N8O9/c1-29(2)41-46(63)54-39(26-31-15-9-8-10-16-31)47(64)56(7)30(3)42(59)52-37(25-32-20-22-34(58)23-21-32)44(61)53-38(45(62)51-36(43(60)55-41)18-13-14-24-50)27-33-28-57(48(65)66-49(4,5)6)40-19-12-11-17-35(33)40/h8-12,15-17,19-23,28-30,36-39,41,58H,13-14,18,24-27,50H2,1-7H3,(H,51,62)(H,52,59)(H,53,61)(H,54,63)(H,55,60)/t30-,36-,37-,38+,39-,41-/m0/s1. The van der Waals surface area contributed by atoms with E-state index >= 15 is 0 Å². The van der Waals surface area contributed by atoms with Crippen LogP contribution in [0.4, 0.5) is 4.79 Å². The van der Waals surface area contributed by atoms with Crippen molar-refractivity contribution in [2.24, 2.45) is 11.7 Å². The number of phenolic OH excluding ortho intramolecular Hbond substituents is 1. The largest absolute Gasteiger partial charge is 0.508 e. The van der Waals surface area contributed by atoms with E-state index in [9.17, 15) is 38.7 Å². The maximum atomic E-state index is 14.7. The number of aromatic nitrogens is 1. The van der Waals surface area contributed by atoms with Gasteiger partial charge >= 0.3 is 6.09 Å². The maximum Gasteiger partial charge on any atom is 0.419 e. The van der Waals surface area contributed by atoms with Crippen LogP contribution < -0.4 is 32.3 Å². The Morgan fingerprint density at radius 1 is 0.697 bits per heavy atom. The van der Waals surface area contributed by atoms with E-state index in [1.54, 1.807) is 95.3 Å². The molecule has 17 heteroatoms. The zero-order chi connectivity index (χ0) is 48.3. The molecule has 1 fully saturated rings. The Kier molecular flexibility index (Phi) is 17.1. The summed E-state index contributed by atoms with van der Waals surface area (Å²) >= 11 is 0. The fourth-order valence-electron chi connectivity index (χ4n) is 7.69. The van der Waals surface area contributed by atoms with Gasteiger partial charge in [-0.3, -0.25) is 33.3 Å². The molecule has 1 aliphatic rings. The minimum atomic E-state index is -1.40. The number of hydrogen-bond donors (Lipinski definition) is 7. The predicted octanol–water partition coefficient (Wildman–Crippen LogP) is 3.23. The second-order valence-corrected chi connectivity index (χ2v) is 18.2. The second kappa shape index (κ2) is 22.4. The molecule has 354 valence electrons. The van der Waals surface area contributed by atoms with E-state index < -0.39 is 89.3 Å². The lowest BCUT2D eigenvalue weighted by Gasteiger charge is -2.32. The highest BCUT2D eigenvalue weighted by Crippen LogP contribution is 2.25. The lowest BCUT2D eigenvalue weighted by atomic mass is 9.98. The molecular formula is C49H64N8O9. The van der Waals surface area contributed by atoms with Crippen molar-refractivity contribution in [3.63, 3.8) is 0 Å². The Balaban J connectivity index is 1.61. The van der Waals surface area contributed by atoms with Crippen molar-refractivity contribution in [3.8, 4) is 5.75 Å². The molecule has 0 saturated carbocycles. The molecule has 0 unspecified atom stereocenters. The third-order valence-electron chi connectivity index (χ3n) is 11.5. The van der Waals surface area contributed by atoms with Crippen LogP contribution in [0.1, 0.15) is 77.5 Å². The number of nitrogens with one attached hydrogen (secondary N) is 5. The van der Waals surface area contributed by atoms with Crippen molar-refractivity contribution in [2.45, 2.75) is 122 Å². The molecule has 0 bridgehead atoms. The van der Waals surface area contributed by atoms with E-state index in [1.807, 2.05) is 6.07 Å². The maximum absolute atomic E-state index is 14.7. The normalized spacial score (nSPS) is 21.9. The van der Waals surface area contributed by atoms with E-state index in [-0.39, 0.29) is 31.4 Å². The van der Waals surface area contributed by atoms with Gasteiger partial charge in [-0.2, -0.15) is 0 Å². The number of para-hydroxylation sites is 1. The minimum Gasteiger partial charge on any atom is -0.508 e. The summed E-state index contributed by atoms with van der Waals surface area (Å²) < 4.78 is 7.01. The monoisotopic (exact) mass is 908 g/mol. The van der Waals surface area contributed by atoms with Crippen LogP contribution in [0.2, 0.25) is 0 Å². The molecule has 0 aliphatic carbocycles. The molecule has 66 heavy (non-hydrogen) atoms. The van der Waals surface area contributed by atoms with Gasteiger partial charge in [0.1, 0.15) is 47.6 Å². The summed E-state index contributed by atoms with van der Waals surface area (Å²) in [7, 11) is 1.42. The molecule has 0 spiro atoms. The molecule has 3 aromatic carbocycles. The summed E-state index contributed by atoms with van der Waals surface area (Å²) in [6, 6.07) is 14.6. The summed E-state index contributed by atoms with van der Waals surface area (Å²) in [6.45, 7) is 10.5. The average molecular weight is 909 g/mol. The molecule has 1 aromatic heterocycles. The van der Waals surface area contributed by atoms with Crippen LogP contribution in [0.25, 0.3) is 10.9 Å². The van der Waals surface area contributed by atoms with Gasteiger partial charge in [0.15, 0.2) is 0 Å². The Bertz CT molecular complexity index is 2360. The van der Waals surface area contributed by atoms with Gasteiger partial charge in [0.2, 0.25) is 35.4 Å². The number of rotatable bonds is 11. The van der Waals surface area contributed by atoms with Crippen molar-refractivity contribution in [1.29, 1.82) is 0 Å². The first-order valence-electron chi connectivity index (χ1n) is 22.4. The van der Waals surface area contributed by atoms with Gasteiger partial charge in [-0.15, -0.1) is 0 Å². The second-order valence-electron chi connectivity index (χ2n) is 18.2. The van der Waals surface area contributed by atoms with Crippen molar-refractivity contribution in [2.75, 3.05) is 13.6 Å². The number of hydrogen-bond acceptors (Lipinski definition) is 10. The quantitative estimate of drug-likeness (QED) is 0.108. The predicted molar refractivity (Wildman–Crippen MR) is 249 cm³/mol. The van der Waals surface area contributed by atoms with E-state index in [0.29, 0.717) is 41.4 Å². The van der Waals surface area contributed by atoms with Gasteiger partial charge in [-0.1, -0.05) is 74.5 Å². The fourth-order valence-corrected chi connectivity index (χ4v) is 7.69. The summed E-state index contributed by atoms with van der Waals surface area (Å²) in [5.74, 6) is -4.64. The number of benzene rings is 3. The molecule has 1 saturated heterocycles. The van der Waals surface area contributed by atoms with Crippen LogP contribution in [0.5, 0.6) is 5.75 Å². The number of amides is 6. The van der Waals surface area contributed by atoms with Crippen molar-refractivity contribution in [1.82, 2.24) is 36.1 Å². The van der Waals surface area contributed by atoms with E-state index in [4.69, 9.17) is 10.5 Å². The summed E-state index contributed by atoms with van der Waals surface area (Å²) in [5.41, 5.74) is 7.25. The van der Waals surface area contributed by atoms with Crippen LogP contribution in [0.15, 0.2) is 85.1 Å². The Morgan fingerprint density at radius 2 is 1.24 bits per heavy atom. The molecule has 4 aromatic rings. The van der Waals surface area contributed by atoms with E-state index in [1.165, 1.54) is 41.8 Å². The fraction of sp³-hybridized carbons (Fsp3) is 0.449. The first-order chi connectivity index (χ1) is 31.3. The number of nitrogens with zero attached hydrogens (tertiary/aromatic N) is 2. The highest BCUT2D eigenvalue weighted by atomic mass is 16.6. The smallest absolute Gasteiger partial charge is 0.419 e. The number of ether oxygens (including phenoxy) is 1. The Hall–Kier alpha value is -6.75. The zero-order valence-electron chi connectivity index (χ0n) is 38.8. The molecule has 8 N–H and O–H groups in total. The van der Waals surface area contributed by atoms with Crippen LogP contribution in [0.3, 0.4) is 0 Å². The number of nitrogens with two attached hydrogens (primary N) is 1. The minimum absolute atomic E-state index is 0.0186. The number of aromatic hydroxyl groups is 1. The Morgan fingerprint density at radius 3 is 1.88 bits per heavy atom. The van der Waals surface area contributed by atoms with Gasteiger partial charge in [0.05, 0.1) is 5.52 Å².